The maximum atomic E-state index is 12.5. The molecule has 2 saturated carbocycles. The van der Waals surface area contributed by atoms with Gasteiger partial charge in [-0.2, -0.15) is 0 Å². The van der Waals surface area contributed by atoms with Crippen molar-refractivity contribution in [1.29, 1.82) is 0 Å². The third-order valence-corrected chi connectivity index (χ3v) is 6.45. The van der Waals surface area contributed by atoms with E-state index in [1.54, 1.807) is 24.3 Å². The van der Waals surface area contributed by atoms with Crippen LogP contribution in [0.5, 0.6) is 0 Å². The van der Waals surface area contributed by atoms with E-state index in [9.17, 15) is 9.59 Å². The van der Waals surface area contributed by atoms with Gasteiger partial charge in [0.15, 0.2) is 0 Å². The lowest BCUT2D eigenvalue weighted by atomic mass is 9.99. The molecule has 2 aromatic rings. The van der Waals surface area contributed by atoms with Crippen LogP contribution in [0.3, 0.4) is 0 Å². The van der Waals surface area contributed by atoms with Gasteiger partial charge in [-0.25, -0.2) is 4.98 Å². The molecule has 29 heavy (non-hydrogen) atoms. The van der Waals surface area contributed by atoms with E-state index in [1.807, 2.05) is 0 Å². The first-order valence-electron chi connectivity index (χ1n) is 9.81. The fourth-order valence-corrected chi connectivity index (χ4v) is 4.91. The molecule has 152 valence electrons. The van der Waals surface area contributed by atoms with Gasteiger partial charge in [0, 0.05) is 22.7 Å². The molecule has 1 aromatic heterocycles. The average molecular weight is 433 g/mol. The normalized spacial score (nSPS) is 25.8. The lowest BCUT2D eigenvalue weighted by molar-refractivity contribution is 0.0926. The monoisotopic (exact) mass is 432 g/mol. The predicted molar refractivity (Wildman–Crippen MR) is 111 cm³/mol. The van der Waals surface area contributed by atoms with Crippen LogP contribution in [0, 0.1) is 17.8 Å². The largest absolute Gasteiger partial charge is 0.349 e. The van der Waals surface area contributed by atoms with Crippen LogP contribution >= 0.6 is 23.2 Å². The van der Waals surface area contributed by atoms with Crippen molar-refractivity contribution < 1.29 is 9.59 Å². The number of amides is 2. The maximum Gasteiger partial charge on any atom is 0.271 e. The lowest BCUT2D eigenvalue weighted by Crippen LogP contribution is -2.39. The van der Waals surface area contributed by atoms with Crippen LogP contribution in [-0.4, -0.2) is 33.9 Å². The number of hydrogen-bond acceptors (Lipinski definition) is 4. The standard InChI is InChI=1S/C21H22Cl2N4O2/c1-2-16(27-20(28)11-3-5-12(22)6-4-11)19-14-7-13(8-15(14)19)25-21(29)17-9-24-10-18(23)26-17/h3-6,9-10,13-16,19H,2,7-8H2,1H3,(H,25,29)(H,27,28)/t13?,14-,15+,16?,19?. The van der Waals surface area contributed by atoms with Gasteiger partial charge in [0.05, 0.1) is 12.4 Å². The lowest BCUT2D eigenvalue weighted by Gasteiger charge is -2.22. The number of hydrogen-bond donors (Lipinski definition) is 2. The van der Waals surface area contributed by atoms with Gasteiger partial charge in [-0.3, -0.25) is 14.6 Å². The molecule has 3 unspecified atom stereocenters. The fourth-order valence-electron chi connectivity index (χ4n) is 4.64. The molecule has 2 N–H and O–H groups in total. The molecule has 5 atom stereocenters. The first kappa shape index (κ1) is 20.1. The highest BCUT2D eigenvalue weighted by Gasteiger charge is 2.58. The van der Waals surface area contributed by atoms with Crippen LogP contribution in [-0.2, 0) is 0 Å². The van der Waals surface area contributed by atoms with Gasteiger partial charge in [0.25, 0.3) is 11.8 Å². The van der Waals surface area contributed by atoms with Crippen molar-refractivity contribution in [1.82, 2.24) is 20.6 Å². The Balaban J connectivity index is 1.30. The number of aromatic nitrogens is 2. The summed E-state index contributed by atoms with van der Waals surface area (Å²) in [6, 6.07) is 7.19. The van der Waals surface area contributed by atoms with Crippen molar-refractivity contribution in [2.45, 2.75) is 38.3 Å². The van der Waals surface area contributed by atoms with E-state index < -0.39 is 0 Å². The van der Waals surface area contributed by atoms with Crippen molar-refractivity contribution >= 4 is 35.0 Å². The van der Waals surface area contributed by atoms with E-state index in [2.05, 4.69) is 27.5 Å². The Labute approximate surface area is 179 Å². The second-order valence-corrected chi connectivity index (χ2v) is 8.59. The molecule has 2 amide bonds. The number of carbonyl (C=O) groups is 2. The molecule has 0 saturated heterocycles. The summed E-state index contributed by atoms with van der Waals surface area (Å²) >= 11 is 11.7. The van der Waals surface area contributed by atoms with Gasteiger partial charge in [0.2, 0.25) is 0 Å². The van der Waals surface area contributed by atoms with Crippen molar-refractivity contribution in [2.75, 3.05) is 0 Å². The van der Waals surface area contributed by atoms with Gasteiger partial charge in [0.1, 0.15) is 10.8 Å². The predicted octanol–water partition coefficient (Wildman–Crippen LogP) is 3.75. The molecule has 0 bridgehead atoms. The molecule has 2 aliphatic rings. The van der Waals surface area contributed by atoms with Crippen molar-refractivity contribution in [3.05, 3.63) is 58.1 Å². The molecule has 8 heteroatoms. The molecule has 0 aliphatic heterocycles. The Morgan fingerprint density at radius 1 is 1.10 bits per heavy atom. The van der Waals surface area contributed by atoms with E-state index in [1.165, 1.54) is 12.4 Å². The molecule has 2 fully saturated rings. The van der Waals surface area contributed by atoms with Crippen molar-refractivity contribution in [3.8, 4) is 0 Å². The summed E-state index contributed by atoms with van der Waals surface area (Å²) in [4.78, 5) is 32.8. The molecule has 1 aromatic carbocycles. The number of fused-ring (bicyclic) bond motifs is 1. The zero-order chi connectivity index (χ0) is 20.5. The van der Waals surface area contributed by atoms with Crippen molar-refractivity contribution in [2.24, 2.45) is 17.8 Å². The summed E-state index contributed by atoms with van der Waals surface area (Å²) < 4.78 is 0. The maximum absolute atomic E-state index is 12.5. The summed E-state index contributed by atoms with van der Waals surface area (Å²) in [5.41, 5.74) is 0.850. The van der Waals surface area contributed by atoms with Crippen LogP contribution in [0.15, 0.2) is 36.7 Å². The second-order valence-electron chi connectivity index (χ2n) is 7.77. The molecular weight excluding hydrogens is 411 g/mol. The smallest absolute Gasteiger partial charge is 0.271 e. The average Bonchev–Trinajstić information content (AvgIpc) is 3.20. The van der Waals surface area contributed by atoms with Crippen LogP contribution in [0.25, 0.3) is 0 Å². The summed E-state index contributed by atoms with van der Waals surface area (Å²) in [5.74, 6) is 1.21. The third-order valence-electron chi connectivity index (χ3n) is 6.01. The number of carbonyl (C=O) groups excluding carboxylic acids is 2. The van der Waals surface area contributed by atoms with E-state index >= 15 is 0 Å². The quantitative estimate of drug-likeness (QED) is 0.727. The van der Waals surface area contributed by atoms with Crippen molar-refractivity contribution in [3.63, 3.8) is 0 Å². The van der Waals surface area contributed by atoms with E-state index in [0.29, 0.717) is 28.3 Å². The van der Waals surface area contributed by atoms with Crippen LogP contribution in [0.4, 0.5) is 0 Å². The highest BCUT2D eigenvalue weighted by Crippen LogP contribution is 2.59. The number of nitrogens with zero attached hydrogens (tertiary/aromatic N) is 2. The molecule has 2 aliphatic carbocycles. The Morgan fingerprint density at radius 3 is 2.41 bits per heavy atom. The Bertz CT molecular complexity index is 909. The zero-order valence-corrected chi connectivity index (χ0v) is 17.5. The highest BCUT2D eigenvalue weighted by molar-refractivity contribution is 6.30. The summed E-state index contributed by atoms with van der Waals surface area (Å²) in [6.07, 6.45) is 5.53. The van der Waals surface area contributed by atoms with Gasteiger partial charge in [-0.05, 0) is 61.3 Å². The zero-order valence-electron chi connectivity index (χ0n) is 15.9. The first-order valence-corrected chi connectivity index (χ1v) is 10.6. The molecule has 0 spiro atoms. The van der Waals surface area contributed by atoms with Gasteiger partial charge in [-0.1, -0.05) is 30.1 Å². The van der Waals surface area contributed by atoms with Crippen LogP contribution in [0.2, 0.25) is 10.2 Å². The summed E-state index contributed by atoms with van der Waals surface area (Å²) in [5, 5.41) is 7.03. The van der Waals surface area contributed by atoms with E-state index in [-0.39, 0.29) is 34.7 Å². The van der Waals surface area contributed by atoms with Crippen LogP contribution < -0.4 is 10.6 Å². The SMILES string of the molecule is CCC(NC(=O)c1ccc(Cl)cc1)C1[C@H]2CC(NC(=O)c3cncc(Cl)n3)C[C@@H]12. The Kier molecular flexibility index (Phi) is 5.74. The Hall–Kier alpha value is -2.18. The third kappa shape index (κ3) is 4.38. The fraction of sp³-hybridized carbons (Fsp3) is 0.429. The minimum atomic E-state index is -0.245. The van der Waals surface area contributed by atoms with Gasteiger partial charge < -0.3 is 10.6 Å². The summed E-state index contributed by atoms with van der Waals surface area (Å²) in [7, 11) is 0. The van der Waals surface area contributed by atoms with Gasteiger partial charge >= 0.3 is 0 Å². The van der Waals surface area contributed by atoms with Crippen LogP contribution in [0.1, 0.15) is 47.0 Å². The second kappa shape index (κ2) is 8.28. The molecule has 6 nitrogen and oxygen atoms in total. The number of nitrogens with one attached hydrogen (secondary N) is 2. The first-order chi connectivity index (χ1) is 14.0. The summed E-state index contributed by atoms with van der Waals surface area (Å²) in [6.45, 7) is 2.10. The molecule has 0 radical (unpaired) electrons. The number of rotatable bonds is 6. The number of halogens is 2. The molecule has 1 heterocycles. The minimum absolute atomic E-state index is 0.0668. The number of benzene rings is 1. The van der Waals surface area contributed by atoms with E-state index in [4.69, 9.17) is 23.2 Å². The molecule has 4 rings (SSSR count). The molecular formula is C21H22Cl2N4O2. The highest BCUT2D eigenvalue weighted by atomic mass is 35.5. The minimum Gasteiger partial charge on any atom is -0.349 e. The van der Waals surface area contributed by atoms with Gasteiger partial charge in [-0.15, -0.1) is 0 Å². The topological polar surface area (TPSA) is 84.0 Å². The Morgan fingerprint density at radius 2 is 1.79 bits per heavy atom. The van der Waals surface area contributed by atoms with E-state index in [0.717, 1.165) is 19.3 Å².